The Kier molecular flexibility index (Phi) is 2.16. The quantitative estimate of drug-likeness (QED) is 0.768. The third-order valence-corrected chi connectivity index (χ3v) is 5.61. The summed E-state index contributed by atoms with van der Waals surface area (Å²) in [5, 5.41) is 8.35. The second-order valence-corrected chi connectivity index (χ2v) is 6.97. The summed E-state index contributed by atoms with van der Waals surface area (Å²) in [5.41, 5.74) is 0.488. The van der Waals surface area contributed by atoms with Crippen LogP contribution in [0.25, 0.3) is 0 Å². The Balaban J connectivity index is 1.84. The highest BCUT2D eigenvalue weighted by Gasteiger charge is 2.53. The van der Waals surface area contributed by atoms with E-state index in [2.05, 4.69) is 10.2 Å². The monoisotopic (exact) mass is 260 g/mol. The van der Waals surface area contributed by atoms with Gasteiger partial charge in [0.15, 0.2) is 5.82 Å². The largest absolute Gasteiger partial charge is 0.335 e. The number of hydrogen-bond acceptors (Lipinski definition) is 4. The normalized spacial score (nSPS) is 39.7. The maximum atomic E-state index is 12.4. The molecule has 0 radical (unpaired) electrons. The minimum absolute atomic E-state index is 0.0202. The van der Waals surface area contributed by atoms with Crippen molar-refractivity contribution in [3.63, 3.8) is 0 Å². The minimum Gasteiger partial charge on any atom is -0.335 e. The highest BCUT2D eigenvalue weighted by atomic mass is 16.1. The van der Waals surface area contributed by atoms with Crippen molar-refractivity contribution >= 4 is 0 Å². The zero-order chi connectivity index (χ0) is 13.2. The van der Waals surface area contributed by atoms with Gasteiger partial charge in [-0.25, -0.2) is 4.68 Å². The molecule has 4 aliphatic rings. The standard InChI is InChI=1S/C14H20N4O/c1-8-16-17-12(13(19)18(8)15)14-5-9-2-10(6-14)4-11(3-9)7-14/h9-11H,2-7,15H2,1H3. The fourth-order valence-electron chi connectivity index (χ4n) is 5.21. The summed E-state index contributed by atoms with van der Waals surface area (Å²) in [7, 11) is 0. The van der Waals surface area contributed by atoms with Crippen molar-refractivity contribution in [2.24, 2.45) is 17.8 Å². The molecule has 5 heteroatoms. The Labute approximate surface area is 112 Å². The smallest absolute Gasteiger partial charge is 0.294 e. The molecule has 5 rings (SSSR count). The first-order chi connectivity index (χ1) is 9.07. The van der Waals surface area contributed by atoms with Crippen LogP contribution in [0.3, 0.4) is 0 Å². The molecule has 1 aromatic heterocycles. The Hall–Kier alpha value is -1.39. The van der Waals surface area contributed by atoms with Crippen LogP contribution in [0.4, 0.5) is 0 Å². The van der Waals surface area contributed by atoms with Crippen LogP contribution in [0.2, 0.25) is 0 Å². The van der Waals surface area contributed by atoms with Crippen LogP contribution in [0.1, 0.15) is 50.0 Å². The van der Waals surface area contributed by atoms with E-state index in [0.29, 0.717) is 11.5 Å². The molecule has 0 aliphatic heterocycles. The van der Waals surface area contributed by atoms with Crippen LogP contribution < -0.4 is 11.4 Å². The van der Waals surface area contributed by atoms with E-state index in [0.717, 1.165) is 37.0 Å². The van der Waals surface area contributed by atoms with Gasteiger partial charge in [0.25, 0.3) is 5.56 Å². The van der Waals surface area contributed by atoms with E-state index < -0.39 is 0 Å². The molecule has 1 heterocycles. The molecule has 0 amide bonds. The molecule has 2 N–H and O–H groups in total. The lowest BCUT2D eigenvalue weighted by Gasteiger charge is -2.56. The van der Waals surface area contributed by atoms with E-state index in [1.54, 1.807) is 6.92 Å². The van der Waals surface area contributed by atoms with Gasteiger partial charge < -0.3 is 5.84 Å². The zero-order valence-electron chi connectivity index (χ0n) is 11.3. The highest BCUT2D eigenvalue weighted by Crippen LogP contribution is 2.59. The predicted octanol–water partition coefficient (Wildman–Crippen LogP) is 1.13. The Morgan fingerprint density at radius 1 is 1.11 bits per heavy atom. The van der Waals surface area contributed by atoms with Crippen LogP contribution >= 0.6 is 0 Å². The number of aryl methyl sites for hydroxylation is 1. The number of aromatic nitrogens is 3. The van der Waals surface area contributed by atoms with Crippen molar-refractivity contribution in [3.8, 4) is 0 Å². The summed E-state index contributed by atoms with van der Waals surface area (Å²) in [4.78, 5) is 12.4. The van der Waals surface area contributed by atoms with Crippen LogP contribution in [-0.4, -0.2) is 14.9 Å². The highest BCUT2D eigenvalue weighted by molar-refractivity contribution is 5.20. The van der Waals surface area contributed by atoms with Gasteiger partial charge in [-0.3, -0.25) is 4.79 Å². The molecule has 0 aromatic carbocycles. The molecule has 0 spiro atoms. The van der Waals surface area contributed by atoms with Crippen molar-refractivity contribution in [1.29, 1.82) is 0 Å². The fourth-order valence-corrected chi connectivity index (χ4v) is 5.21. The van der Waals surface area contributed by atoms with E-state index in [-0.39, 0.29) is 11.0 Å². The van der Waals surface area contributed by atoms with Gasteiger partial charge in [0.05, 0.1) is 0 Å². The fraction of sp³-hybridized carbons (Fsp3) is 0.786. The molecule has 0 atom stereocenters. The molecule has 4 saturated carbocycles. The van der Waals surface area contributed by atoms with Gasteiger partial charge in [0.2, 0.25) is 0 Å². The minimum atomic E-state index is -0.130. The second-order valence-electron chi connectivity index (χ2n) is 6.97. The average molecular weight is 260 g/mol. The van der Waals surface area contributed by atoms with E-state index >= 15 is 0 Å². The predicted molar refractivity (Wildman–Crippen MR) is 71.0 cm³/mol. The first-order valence-corrected chi connectivity index (χ1v) is 7.29. The second kappa shape index (κ2) is 3.58. The summed E-state index contributed by atoms with van der Waals surface area (Å²) in [6.07, 6.45) is 7.42. The number of rotatable bonds is 1. The molecule has 0 unspecified atom stereocenters. The van der Waals surface area contributed by atoms with Gasteiger partial charge in [-0.2, -0.15) is 0 Å². The van der Waals surface area contributed by atoms with Crippen molar-refractivity contribution < 1.29 is 0 Å². The molecule has 4 fully saturated rings. The van der Waals surface area contributed by atoms with Gasteiger partial charge >= 0.3 is 0 Å². The summed E-state index contributed by atoms with van der Waals surface area (Å²) < 4.78 is 1.17. The van der Waals surface area contributed by atoms with Gasteiger partial charge in [0, 0.05) is 5.41 Å². The molecule has 4 bridgehead atoms. The Morgan fingerprint density at radius 3 is 2.16 bits per heavy atom. The number of hydrogen-bond donors (Lipinski definition) is 1. The third-order valence-electron chi connectivity index (χ3n) is 5.61. The number of nitrogen functional groups attached to an aromatic ring is 1. The van der Waals surface area contributed by atoms with Crippen LogP contribution in [0.5, 0.6) is 0 Å². The Morgan fingerprint density at radius 2 is 1.63 bits per heavy atom. The number of nitrogens with two attached hydrogens (primary N) is 1. The molecule has 4 aliphatic carbocycles. The summed E-state index contributed by atoms with van der Waals surface area (Å²) >= 11 is 0. The lowest BCUT2D eigenvalue weighted by atomic mass is 9.49. The molecular formula is C14H20N4O. The van der Waals surface area contributed by atoms with Crippen molar-refractivity contribution in [1.82, 2.24) is 14.9 Å². The first kappa shape index (κ1) is 11.4. The van der Waals surface area contributed by atoms with Gasteiger partial charge in [0.1, 0.15) is 5.69 Å². The molecule has 0 saturated heterocycles. The van der Waals surface area contributed by atoms with Gasteiger partial charge in [-0.05, 0) is 63.2 Å². The van der Waals surface area contributed by atoms with Crippen LogP contribution in [-0.2, 0) is 5.41 Å². The van der Waals surface area contributed by atoms with Crippen molar-refractivity contribution in [2.45, 2.75) is 50.9 Å². The van der Waals surface area contributed by atoms with Crippen LogP contribution in [0.15, 0.2) is 4.79 Å². The third kappa shape index (κ3) is 1.50. The van der Waals surface area contributed by atoms with Gasteiger partial charge in [-0.15, -0.1) is 10.2 Å². The first-order valence-electron chi connectivity index (χ1n) is 7.29. The molecular weight excluding hydrogens is 240 g/mol. The van der Waals surface area contributed by atoms with E-state index in [9.17, 15) is 4.79 Å². The average Bonchev–Trinajstić information content (AvgIpc) is 2.34. The molecule has 1 aromatic rings. The maximum absolute atomic E-state index is 12.4. The van der Waals surface area contributed by atoms with E-state index in [4.69, 9.17) is 5.84 Å². The maximum Gasteiger partial charge on any atom is 0.294 e. The van der Waals surface area contributed by atoms with Crippen molar-refractivity contribution in [2.75, 3.05) is 5.84 Å². The SMILES string of the molecule is Cc1nnc(C23CC4CC(CC(C4)C2)C3)c(=O)n1N. The Bertz CT molecular complexity index is 556. The topological polar surface area (TPSA) is 73.8 Å². The van der Waals surface area contributed by atoms with Crippen molar-refractivity contribution in [3.05, 3.63) is 21.9 Å². The lowest BCUT2D eigenvalue weighted by Crippen LogP contribution is -2.52. The van der Waals surface area contributed by atoms with E-state index in [1.165, 1.54) is 23.9 Å². The zero-order valence-corrected chi connectivity index (χ0v) is 11.3. The summed E-state index contributed by atoms with van der Waals surface area (Å²) in [5.74, 6) is 8.66. The summed E-state index contributed by atoms with van der Waals surface area (Å²) in [6, 6.07) is 0. The van der Waals surface area contributed by atoms with Crippen LogP contribution in [0, 0.1) is 24.7 Å². The lowest BCUT2D eigenvalue weighted by molar-refractivity contribution is -0.00857. The number of nitrogens with zero attached hydrogens (tertiary/aromatic N) is 3. The van der Waals surface area contributed by atoms with E-state index in [1.807, 2.05) is 0 Å². The molecule has 5 nitrogen and oxygen atoms in total. The molecule has 102 valence electrons. The molecule has 19 heavy (non-hydrogen) atoms. The summed E-state index contributed by atoms with van der Waals surface area (Å²) in [6.45, 7) is 1.72. The van der Waals surface area contributed by atoms with Gasteiger partial charge in [-0.1, -0.05) is 0 Å².